The van der Waals surface area contributed by atoms with Crippen molar-refractivity contribution in [1.29, 1.82) is 0 Å². The topological polar surface area (TPSA) is 146 Å². The number of rotatable bonds is 7. The number of allylic oxidation sites excluding steroid dienone is 1. The van der Waals surface area contributed by atoms with Gasteiger partial charge in [-0.25, -0.2) is 4.79 Å². The third kappa shape index (κ3) is 4.99. The maximum absolute atomic E-state index is 11.2. The minimum atomic E-state index is -1.60. The Morgan fingerprint density at radius 3 is 2.36 bits per heavy atom. The van der Waals surface area contributed by atoms with Gasteiger partial charge in [0.25, 0.3) is 0 Å². The molecule has 5 atom stereocenters. The molecule has 0 aliphatic carbocycles. The minimum Gasteiger partial charge on any atom is -0.460 e. The van der Waals surface area contributed by atoms with Crippen molar-refractivity contribution in [2.75, 3.05) is 19.8 Å². The molecule has 0 aromatic rings. The van der Waals surface area contributed by atoms with Crippen LogP contribution in [0.1, 0.15) is 6.92 Å². The first-order chi connectivity index (χ1) is 10.4. The number of hydrogen-bond donors (Lipinski definition) is 5. The first kappa shape index (κ1) is 19.0. The van der Waals surface area contributed by atoms with E-state index < -0.39 is 56.0 Å². The molecule has 0 amide bonds. The predicted octanol–water partition coefficient (Wildman–Crippen LogP) is -2.72. The van der Waals surface area contributed by atoms with E-state index in [9.17, 15) is 20.1 Å². The summed E-state index contributed by atoms with van der Waals surface area (Å²) in [6, 6.07) is 0. The zero-order chi connectivity index (χ0) is 16.7. The molecule has 0 unspecified atom stereocenters. The van der Waals surface area contributed by atoms with Crippen molar-refractivity contribution in [1.82, 2.24) is 0 Å². The van der Waals surface area contributed by atoms with Crippen LogP contribution in [0.2, 0.25) is 0 Å². The molecule has 1 rings (SSSR count). The summed E-state index contributed by atoms with van der Waals surface area (Å²) in [4.78, 5) is 11.2. The lowest BCUT2D eigenvalue weighted by molar-refractivity contribution is -0.315. The summed E-state index contributed by atoms with van der Waals surface area (Å²) in [6.45, 7) is 0.212. The van der Waals surface area contributed by atoms with Crippen LogP contribution >= 0.6 is 0 Å². The molecule has 1 aliphatic heterocycles. The second-order valence-electron chi connectivity index (χ2n) is 4.77. The van der Waals surface area contributed by atoms with Gasteiger partial charge in [-0.1, -0.05) is 6.08 Å². The smallest absolute Gasteiger partial charge is 0.330 e. The molecule has 0 radical (unpaired) electrons. The Morgan fingerprint density at radius 2 is 1.82 bits per heavy atom. The van der Waals surface area contributed by atoms with Crippen molar-refractivity contribution in [3.05, 3.63) is 12.2 Å². The number of carbonyl (C=O) groups is 1. The normalized spacial score (nSPS) is 32.6. The predicted molar refractivity (Wildman–Crippen MR) is 71.5 cm³/mol. The summed E-state index contributed by atoms with van der Waals surface area (Å²) in [6.07, 6.45) is -5.58. The highest BCUT2D eigenvalue weighted by atomic mass is 16.7. The van der Waals surface area contributed by atoms with Crippen LogP contribution in [-0.4, -0.2) is 88.1 Å². The van der Waals surface area contributed by atoms with Crippen LogP contribution in [0.3, 0.4) is 0 Å². The molecular formula is C13H22O9. The Kier molecular flexibility index (Phi) is 7.90. The van der Waals surface area contributed by atoms with Crippen LogP contribution in [-0.2, 0) is 19.0 Å². The quantitative estimate of drug-likeness (QED) is 0.249. The molecule has 0 saturated carbocycles. The average molecular weight is 322 g/mol. The van der Waals surface area contributed by atoms with Crippen LogP contribution in [0.4, 0.5) is 0 Å². The van der Waals surface area contributed by atoms with Crippen molar-refractivity contribution in [2.24, 2.45) is 0 Å². The molecular weight excluding hydrogens is 300 g/mol. The third-order valence-corrected chi connectivity index (χ3v) is 3.09. The average Bonchev–Trinajstić information content (AvgIpc) is 2.51. The fraction of sp³-hybridized carbons (Fsp3) is 0.769. The number of hydrogen-bond acceptors (Lipinski definition) is 9. The lowest BCUT2D eigenvalue weighted by Crippen LogP contribution is -2.60. The highest BCUT2D eigenvalue weighted by molar-refractivity contribution is 5.81. The number of esters is 1. The van der Waals surface area contributed by atoms with Crippen molar-refractivity contribution >= 4 is 5.97 Å². The van der Waals surface area contributed by atoms with Crippen molar-refractivity contribution in [3.8, 4) is 0 Å². The van der Waals surface area contributed by atoms with Gasteiger partial charge in [-0.15, -0.1) is 0 Å². The Hall–Kier alpha value is -1.07. The second kappa shape index (κ2) is 9.16. The molecule has 5 N–H and O–H groups in total. The van der Waals surface area contributed by atoms with E-state index in [1.165, 1.54) is 12.2 Å². The van der Waals surface area contributed by atoms with Gasteiger partial charge in [0.2, 0.25) is 0 Å². The van der Waals surface area contributed by atoms with E-state index in [1.807, 2.05) is 0 Å². The number of aliphatic hydroxyl groups excluding tert-OH is 5. The minimum absolute atomic E-state index is 0.364. The van der Waals surface area contributed by atoms with Crippen LogP contribution in [0.15, 0.2) is 12.2 Å². The summed E-state index contributed by atoms with van der Waals surface area (Å²) < 4.78 is 15.2. The van der Waals surface area contributed by atoms with Gasteiger partial charge in [-0.3, -0.25) is 0 Å². The van der Waals surface area contributed by atoms with Crippen LogP contribution < -0.4 is 0 Å². The third-order valence-electron chi connectivity index (χ3n) is 3.09. The second-order valence-corrected chi connectivity index (χ2v) is 4.77. The molecule has 9 heteroatoms. The van der Waals surface area contributed by atoms with Gasteiger partial charge in [-0.05, 0) is 6.92 Å². The van der Waals surface area contributed by atoms with E-state index in [-0.39, 0.29) is 6.61 Å². The molecule has 0 aromatic heterocycles. The fourth-order valence-corrected chi connectivity index (χ4v) is 1.85. The van der Waals surface area contributed by atoms with E-state index in [4.69, 9.17) is 24.4 Å². The summed E-state index contributed by atoms with van der Waals surface area (Å²) in [7, 11) is 0. The van der Waals surface area contributed by atoms with Gasteiger partial charge in [0.15, 0.2) is 6.29 Å². The lowest BCUT2D eigenvalue weighted by atomic mass is 9.99. The van der Waals surface area contributed by atoms with E-state index in [0.717, 1.165) is 0 Å². The Bertz CT molecular complexity index is 369. The molecule has 128 valence electrons. The Balaban J connectivity index is 2.66. The molecule has 1 saturated heterocycles. The standard InChI is InChI=1S/C13H22O9/c1-2-3-9(16)20-6-8-10(17)11(18)12(19)13(22-8)21-7(4-14)5-15/h2-3,7-8,10-15,17-19H,4-6H2,1H3/b3-2+/t8-,10+,11+,12-,13-/m1/s1. The van der Waals surface area contributed by atoms with Crippen LogP contribution in [0.25, 0.3) is 0 Å². The highest BCUT2D eigenvalue weighted by Gasteiger charge is 2.45. The molecule has 22 heavy (non-hydrogen) atoms. The molecule has 1 heterocycles. The van der Waals surface area contributed by atoms with E-state index in [0.29, 0.717) is 0 Å². The molecule has 0 aromatic carbocycles. The number of aliphatic hydroxyl groups is 5. The van der Waals surface area contributed by atoms with E-state index in [2.05, 4.69) is 0 Å². The lowest BCUT2D eigenvalue weighted by Gasteiger charge is -2.40. The first-order valence-electron chi connectivity index (χ1n) is 6.80. The summed E-state index contributed by atoms with van der Waals surface area (Å²) in [5, 5.41) is 47.3. The maximum atomic E-state index is 11.2. The summed E-state index contributed by atoms with van der Waals surface area (Å²) in [5.41, 5.74) is 0. The summed E-state index contributed by atoms with van der Waals surface area (Å²) in [5.74, 6) is -0.653. The summed E-state index contributed by atoms with van der Waals surface area (Å²) >= 11 is 0. The first-order valence-corrected chi connectivity index (χ1v) is 6.80. The molecule has 0 spiro atoms. The number of ether oxygens (including phenoxy) is 3. The molecule has 1 aliphatic rings. The number of carbonyl (C=O) groups excluding carboxylic acids is 1. The monoisotopic (exact) mass is 322 g/mol. The van der Waals surface area contributed by atoms with Crippen molar-refractivity contribution < 1.29 is 44.5 Å². The fourth-order valence-electron chi connectivity index (χ4n) is 1.85. The molecule has 9 nitrogen and oxygen atoms in total. The van der Waals surface area contributed by atoms with Crippen molar-refractivity contribution in [3.63, 3.8) is 0 Å². The Morgan fingerprint density at radius 1 is 1.18 bits per heavy atom. The van der Waals surface area contributed by atoms with Gasteiger partial charge < -0.3 is 39.7 Å². The van der Waals surface area contributed by atoms with Crippen LogP contribution in [0.5, 0.6) is 0 Å². The SMILES string of the molecule is C/C=C/C(=O)OC[C@H]1O[C@@H](OC(CO)CO)[C@H](O)[C@@H](O)[C@H]1O. The van der Waals surface area contributed by atoms with Crippen molar-refractivity contribution in [2.45, 2.75) is 43.7 Å². The zero-order valence-corrected chi connectivity index (χ0v) is 12.1. The van der Waals surface area contributed by atoms with Gasteiger partial charge in [0.1, 0.15) is 37.1 Å². The maximum Gasteiger partial charge on any atom is 0.330 e. The largest absolute Gasteiger partial charge is 0.460 e. The molecule has 1 fully saturated rings. The van der Waals surface area contributed by atoms with Gasteiger partial charge >= 0.3 is 5.97 Å². The van der Waals surface area contributed by atoms with E-state index >= 15 is 0 Å². The van der Waals surface area contributed by atoms with E-state index in [1.54, 1.807) is 6.92 Å². The zero-order valence-electron chi connectivity index (χ0n) is 12.1. The Labute approximate surface area is 127 Å². The molecule has 0 bridgehead atoms. The van der Waals surface area contributed by atoms with Gasteiger partial charge in [0.05, 0.1) is 13.2 Å². The van der Waals surface area contributed by atoms with Crippen LogP contribution in [0, 0.1) is 0 Å². The van der Waals surface area contributed by atoms with Gasteiger partial charge in [0, 0.05) is 6.08 Å². The van der Waals surface area contributed by atoms with Gasteiger partial charge in [-0.2, -0.15) is 0 Å². The highest BCUT2D eigenvalue weighted by Crippen LogP contribution is 2.23.